The Bertz CT molecular complexity index is 1070. The number of nitrogens with zero attached hydrogens (tertiary/aromatic N) is 5. The van der Waals surface area contributed by atoms with Crippen LogP contribution in [0.15, 0.2) is 35.5 Å². The number of aromatic nitrogens is 4. The Morgan fingerprint density at radius 1 is 1.22 bits per heavy atom. The number of furan rings is 1. The van der Waals surface area contributed by atoms with Gasteiger partial charge in [0.2, 0.25) is 0 Å². The molecule has 0 aliphatic carbocycles. The first-order valence-corrected chi connectivity index (χ1v) is 9.12. The molecule has 0 amide bonds. The average molecular weight is 397 g/mol. The second-order valence-electron chi connectivity index (χ2n) is 5.92. The SMILES string of the molecule is CN([C@@H]1O[C@@H](n2cnc3c(-c4ccco4)ncnc32)[C@H](O)[C@@H]1O)S(=O)(=O)O. The molecule has 1 saturated heterocycles. The Morgan fingerprint density at radius 2 is 2.00 bits per heavy atom. The number of aliphatic hydroxyl groups is 2. The lowest BCUT2D eigenvalue weighted by molar-refractivity contribution is -0.0723. The van der Waals surface area contributed by atoms with Gasteiger partial charge >= 0.3 is 10.3 Å². The Labute approximate surface area is 152 Å². The van der Waals surface area contributed by atoms with Crippen molar-refractivity contribution in [2.45, 2.75) is 24.7 Å². The van der Waals surface area contributed by atoms with Crippen LogP contribution in [0, 0.1) is 0 Å². The van der Waals surface area contributed by atoms with E-state index in [-0.39, 0.29) is 5.65 Å². The summed E-state index contributed by atoms with van der Waals surface area (Å²) >= 11 is 0. The number of hydrogen-bond acceptors (Lipinski definition) is 9. The minimum atomic E-state index is -4.64. The van der Waals surface area contributed by atoms with E-state index in [1.165, 1.54) is 23.5 Å². The van der Waals surface area contributed by atoms with Crippen molar-refractivity contribution in [1.82, 2.24) is 23.8 Å². The van der Waals surface area contributed by atoms with Gasteiger partial charge in [-0.1, -0.05) is 0 Å². The highest BCUT2D eigenvalue weighted by atomic mass is 32.2. The normalized spacial score (nSPS) is 26.3. The Hall–Kier alpha value is -2.42. The van der Waals surface area contributed by atoms with E-state index in [0.29, 0.717) is 21.3 Å². The molecular formula is C14H15N5O7S. The van der Waals surface area contributed by atoms with Crippen LogP contribution in [-0.4, -0.2) is 72.5 Å². The summed E-state index contributed by atoms with van der Waals surface area (Å²) in [5, 5.41) is 20.5. The second kappa shape index (κ2) is 6.33. The average Bonchev–Trinajstić information content (AvgIpc) is 3.34. The largest absolute Gasteiger partial charge is 0.463 e. The smallest absolute Gasteiger partial charge is 0.337 e. The van der Waals surface area contributed by atoms with Crippen molar-refractivity contribution in [3.8, 4) is 11.5 Å². The molecule has 4 rings (SSSR count). The fourth-order valence-corrected chi connectivity index (χ4v) is 3.37. The molecule has 1 aliphatic rings. The van der Waals surface area contributed by atoms with Gasteiger partial charge in [-0.3, -0.25) is 9.12 Å². The Balaban J connectivity index is 1.74. The van der Waals surface area contributed by atoms with Crippen LogP contribution in [0.1, 0.15) is 6.23 Å². The lowest BCUT2D eigenvalue weighted by atomic mass is 10.2. The Morgan fingerprint density at radius 3 is 2.67 bits per heavy atom. The minimum absolute atomic E-state index is 0.280. The van der Waals surface area contributed by atoms with E-state index in [2.05, 4.69) is 15.0 Å². The van der Waals surface area contributed by atoms with E-state index in [0.717, 1.165) is 7.05 Å². The third kappa shape index (κ3) is 2.90. The van der Waals surface area contributed by atoms with Crippen LogP contribution in [-0.2, 0) is 15.0 Å². The summed E-state index contributed by atoms with van der Waals surface area (Å²) in [7, 11) is -3.62. The zero-order valence-electron chi connectivity index (χ0n) is 13.8. The lowest BCUT2D eigenvalue weighted by Gasteiger charge is -2.22. The van der Waals surface area contributed by atoms with Gasteiger partial charge in [-0.15, -0.1) is 0 Å². The highest BCUT2D eigenvalue weighted by Crippen LogP contribution is 2.34. The molecule has 3 N–H and O–H groups in total. The molecule has 13 heteroatoms. The van der Waals surface area contributed by atoms with Crippen LogP contribution < -0.4 is 0 Å². The van der Waals surface area contributed by atoms with Crippen LogP contribution in [0.5, 0.6) is 0 Å². The molecule has 0 spiro atoms. The molecule has 1 aliphatic heterocycles. The van der Waals surface area contributed by atoms with Crippen molar-refractivity contribution in [1.29, 1.82) is 0 Å². The van der Waals surface area contributed by atoms with Crippen LogP contribution in [0.2, 0.25) is 0 Å². The molecule has 3 aromatic heterocycles. The minimum Gasteiger partial charge on any atom is -0.463 e. The lowest BCUT2D eigenvalue weighted by Crippen LogP contribution is -2.44. The van der Waals surface area contributed by atoms with Crippen molar-refractivity contribution in [3.63, 3.8) is 0 Å². The highest BCUT2D eigenvalue weighted by molar-refractivity contribution is 7.83. The standard InChI is InChI=1S/C14H15N5O7S/c1-18(27(22,23)24)13-10(20)11(21)14(26-13)19-6-17-9-8(7-3-2-4-25-7)15-5-16-12(9)19/h2-6,10-11,13-14,20-21H,1H3,(H,22,23,24)/t10-,11+,13+,14+/m0/s1. The van der Waals surface area contributed by atoms with Gasteiger partial charge in [0.15, 0.2) is 23.9 Å². The molecular weight excluding hydrogens is 382 g/mol. The summed E-state index contributed by atoms with van der Waals surface area (Å²) in [4.78, 5) is 12.5. The van der Waals surface area contributed by atoms with Crippen molar-refractivity contribution < 1.29 is 32.3 Å². The maximum absolute atomic E-state index is 11.3. The van der Waals surface area contributed by atoms with Gasteiger partial charge in [0.1, 0.15) is 29.7 Å². The number of imidazole rings is 1. The molecule has 3 aromatic rings. The quantitative estimate of drug-likeness (QED) is 0.484. The maximum atomic E-state index is 11.3. The van der Waals surface area contributed by atoms with Crippen LogP contribution in [0.3, 0.4) is 0 Å². The van der Waals surface area contributed by atoms with Gasteiger partial charge in [0.05, 0.1) is 12.6 Å². The van der Waals surface area contributed by atoms with Gasteiger partial charge in [-0.05, 0) is 12.1 Å². The van der Waals surface area contributed by atoms with Gasteiger partial charge in [-0.25, -0.2) is 15.0 Å². The van der Waals surface area contributed by atoms with E-state index in [1.807, 2.05) is 0 Å². The molecule has 0 radical (unpaired) electrons. The van der Waals surface area contributed by atoms with Gasteiger partial charge in [0, 0.05) is 7.05 Å². The van der Waals surface area contributed by atoms with Crippen LogP contribution >= 0.6 is 0 Å². The second-order valence-corrected chi connectivity index (χ2v) is 7.39. The van der Waals surface area contributed by atoms with Gasteiger partial charge < -0.3 is 19.4 Å². The molecule has 1 fully saturated rings. The van der Waals surface area contributed by atoms with Crippen LogP contribution in [0.25, 0.3) is 22.6 Å². The summed E-state index contributed by atoms with van der Waals surface area (Å²) in [6.07, 6.45) is -1.72. The third-order valence-corrected chi connectivity index (χ3v) is 5.26. The van der Waals surface area contributed by atoms with Crippen molar-refractivity contribution in [2.75, 3.05) is 7.05 Å². The molecule has 0 aromatic carbocycles. The van der Waals surface area contributed by atoms with Crippen LogP contribution in [0.4, 0.5) is 0 Å². The molecule has 0 saturated carbocycles. The highest BCUT2D eigenvalue weighted by Gasteiger charge is 2.48. The fraction of sp³-hybridized carbons (Fsp3) is 0.357. The monoisotopic (exact) mass is 397 g/mol. The van der Waals surface area contributed by atoms with Crippen molar-refractivity contribution >= 4 is 21.5 Å². The first-order chi connectivity index (χ1) is 12.8. The number of aliphatic hydroxyl groups excluding tert-OH is 2. The maximum Gasteiger partial charge on any atom is 0.337 e. The van der Waals surface area contributed by atoms with E-state index >= 15 is 0 Å². The number of fused-ring (bicyclic) bond motifs is 1. The number of rotatable bonds is 4. The van der Waals surface area contributed by atoms with E-state index in [9.17, 15) is 18.6 Å². The van der Waals surface area contributed by atoms with E-state index in [4.69, 9.17) is 13.7 Å². The zero-order chi connectivity index (χ0) is 19.3. The van der Waals surface area contributed by atoms with Gasteiger partial charge in [0.25, 0.3) is 0 Å². The first kappa shape index (κ1) is 18.0. The first-order valence-electron chi connectivity index (χ1n) is 7.72. The fourth-order valence-electron chi connectivity index (χ4n) is 2.94. The summed E-state index contributed by atoms with van der Waals surface area (Å²) < 4.78 is 44.3. The van der Waals surface area contributed by atoms with E-state index < -0.39 is 35.0 Å². The molecule has 27 heavy (non-hydrogen) atoms. The molecule has 0 bridgehead atoms. The molecule has 4 atom stereocenters. The Kier molecular flexibility index (Phi) is 4.21. The number of hydrogen-bond donors (Lipinski definition) is 3. The molecule has 4 heterocycles. The van der Waals surface area contributed by atoms with Gasteiger partial charge in [-0.2, -0.15) is 12.7 Å². The molecule has 0 unspecified atom stereocenters. The molecule has 144 valence electrons. The summed E-state index contributed by atoms with van der Waals surface area (Å²) in [6, 6.07) is 3.39. The van der Waals surface area contributed by atoms with Crippen molar-refractivity contribution in [3.05, 3.63) is 31.1 Å². The number of ether oxygens (including phenoxy) is 1. The topological polar surface area (TPSA) is 164 Å². The number of likely N-dealkylation sites (N-methyl/N-ethyl adjacent to an activating group) is 1. The van der Waals surface area contributed by atoms with Crippen molar-refractivity contribution in [2.24, 2.45) is 0 Å². The summed E-state index contributed by atoms with van der Waals surface area (Å²) in [5.74, 6) is 0.463. The summed E-state index contributed by atoms with van der Waals surface area (Å²) in [6.45, 7) is 0. The molecule has 12 nitrogen and oxygen atoms in total. The predicted octanol–water partition coefficient (Wildman–Crippen LogP) is -0.602. The summed E-state index contributed by atoms with van der Waals surface area (Å²) in [5.41, 5.74) is 1.07. The predicted molar refractivity (Wildman–Crippen MR) is 88.3 cm³/mol. The third-order valence-electron chi connectivity index (χ3n) is 4.32. The zero-order valence-corrected chi connectivity index (χ0v) is 14.6. The van der Waals surface area contributed by atoms with E-state index in [1.54, 1.807) is 12.1 Å².